The Morgan fingerprint density at radius 1 is 1.33 bits per heavy atom. The Kier molecular flexibility index (Phi) is 3.34. The molecule has 3 heteroatoms. The van der Waals surface area contributed by atoms with Crippen LogP contribution in [0.4, 0.5) is 0 Å². The first-order chi connectivity index (χ1) is 7.33. The molecule has 1 aromatic heterocycles. The molecule has 2 N–H and O–H groups in total. The van der Waals surface area contributed by atoms with Crippen molar-refractivity contribution in [3.8, 4) is 0 Å². The molecule has 0 saturated heterocycles. The van der Waals surface area contributed by atoms with Gasteiger partial charge in [0.15, 0.2) is 0 Å². The highest BCUT2D eigenvalue weighted by Gasteiger charge is 2.06. The van der Waals surface area contributed by atoms with Crippen LogP contribution in [0.3, 0.4) is 0 Å². The van der Waals surface area contributed by atoms with E-state index in [2.05, 4.69) is 54.1 Å². The third kappa shape index (κ3) is 2.19. The molecule has 2 nitrogen and oxygen atoms in total. The number of hydrogen-bond acceptors (Lipinski definition) is 2. The summed E-state index contributed by atoms with van der Waals surface area (Å²) >= 11 is 4.13. The lowest BCUT2D eigenvalue weighted by atomic mass is 10.1. The molecule has 1 aromatic carbocycles. The smallest absolute Gasteiger partial charge is 0.0458 e. The number of thiol groups is 1. The monoisotopic (exact) mass is 220 g/mol. The Hall–Kier alpha value is -0.930. The molecule has 0 unspecified atom stereocenters. The summed E-state index contributed by atoms with van der Waals surface area (Å²) in [5.74, 6) is 0.738. The highest BCUT2D eigenvalue weighted by molar-refractivity contribution is 7.80. The summed E-state index contributed by atoms with van der Waals surface area (Å²) in [5.41, 5.74) is 3.92. The Labute approximate surface area is 95.5 Å². The van der Waals surface area contributed by atoms with E-state index in [4.69, 9.17) is 0 Å². The number of nitrogens with one attached hydrogen (secondary N) is 2. The number of aromatic nitrogens is 1. The van der Waals surface area contributed by atoms with Crippen molar-refractivity contribution in [2.45, 2.75) is 13.3 Å². The number of benzene rings is 1. The van der Waals surface area contributed by atoms with Crippen LogP contribution in [0.5, 0.6) is 0 Å². The Morgan fingerprint density at radius 2 is 2.13 bits per heavy atom. The SMILES string of the molecule is Cc1[nH]c2ccccc2c1CCNCS. The van der Waals surface area contributed by atoms with Crippen LogP contribution in [0, 0.1) is 6.92 Å². The van der Waals surface area contributed by atoms with Gasteiger partial charge in [-0.05, 0) is 25.0 Å². The summed E-state index contributed by atoms with van der Waals surface area (Å²) in [6, 6.07) is 8.45. The summed E-state index contributed by atoms with van der Waals surface area (Å²) in [4.78, 5) is 3.41. The van der Waals surface area contributed by atoms with Gasteiger partial charge < -0.3 is 10.3 Å². The number of rotatable bonds is 4. The number of aryl methyl sites for hydroxylation is 1. The predicted molar refractivity (Wildman–Crippen MR) is 68.6 cm³/mol. The number of fused-ring (bicyclic) bond motifs is 1. The Bertz CT molecular complexity index is 448. The zero-order valence-corrected chi connectivity index (χ0v) is 9.77. The van der Waals surface area contributed by atoms with Gasteiger partial charge in [0, 0.05) is 29.0 Å². The Balaban J connectivity index is 2.28. The molecule has 0 bridgehead atoms. The molecule has 0 fully saturated rings. The van der Waals surface area contributed by atoms with Gasteiger partial charge in [-0.1, -0.05) is 18.2 Å². The second kappa shape index (κ2) is 4.73. The second-order valence-corrected chi connectivity index (χ2v) is 4.00. The van der Waals surface area contributed by atoms with Crippen molar-refractivity contribution in [3.63, 3.8) is 0 Å². The van der Waals surface area contributed by atoms with E-state index in [1.165, 1.54) is 22.2 Å². The number of para-hydroxylation sites is 1. The summed E-state index contributed by atoms with van der Waals surface area (Å²) in [5, 5.41) is 4.57. The maximum atomic E-state index is 4.13. The molecule has 0 radical (unpaired) electrons. The van der Waals surface area contributed by atoms with Crippen molar-refractivity contribution in [3.05, 3.63) is 35.5 Å². The fraction of sp³-hybridized carbons (Fsp3) is 0.333. The van der Waals surface area contributed by atoms with E-state index in [0.717, 1.165) is 18.8 Å². The summed E-state index contributed by atoms with van der Waals surface area (Å²) in [6.45, 7) is 3.11. The average molecular weight is 220 g/mol. The first-order valence-corrected chi connectivity index (χ1v) is 5.84. The summed E-state index contributed by atoms with van der Waals surface area (Å²) in [7, 11) is 0. The first kappa shape index (κ1) is 10.6. The van der Waals surface area contributed by atoms with Gasteiger partial charge in [0.05, 0.1) is 0 Å². The van der Waals surface area contributed by atoms with Crippen molar-refractivity contribution in [1.29, 1.82) is 0 Å². The average Bonchev–Trinajstić information content (AvgIpc) is 2.56. The van der Waals surface area contributed by atoms with Crippen LogP contribution >= 0.6 is 12.6 Å². The lowest BCUT2D eigenvalue weighted by molar-refractivity contribution is 0.776. The van der Waals surface area contributed by atoms with Crippen LogP contribution in [0.1, 0.15) is 11.3 Å². The maximum absolute atomic E-state index is 4.13. The molecule has 0 aliphatic carbocycles. The lowest BCUT2D eigenvalue weighted by Gasteiger charge is -2.01. The molecule has 0 aliphatic heterocycles. The highest BCUT2D eigenvalue weighted by atomic mass is 32.1. The molecule has 2 rings (SSSR count). The predicted octanol–water partition coefficient (Wildman–Crippen LogP) is 2.50. The minimum absolute atomic E-state index is 0.738. The van der Waals surface area contributed by atoms with Crippen LogP contribution < -0.4 is 5.32 Å². The van der Waals surface area contributed by atoms with Crippen LogP contribution in [0.2, 0.25) is 0 Å². The van der Waals surface area contributed by atoms with Crippen molar-refractivity contribution < 1.29 is 0 Å². The topological polar surface area (TPSA) is 27.8 Å². The summed E-state index contributed by atoms with van der Waals surface area (Å²) < 4.78 is 0. The van der Waals surface area contributed by atoms with E-state index in [1.807, 2.05) is 0 Å². The van der Waals surface area contributed by atoms with Crippen LogP contribution in [-0.4, -0.2) is 17.4 Å². The minimum Gasteiger partial charge on any atom is -0.358 e. The molecule has 0 saturated carbocycles. The number of H-pyrrole nitrogens is 1. The fourth-order valence-electron chi connectivity index (χ4n) is 1.95. The molecule has 15 heavy (non-hydrogen) atoms. The van der Waals surface area contributed by atoms with Crippen LogP contribution in [0.25, 0.3) is 10.9 Å². The van der Waals surface area contributed by atoms with Crippen LogP contribution in [-0.2, 0) is 6.42 Å². The summed E-state index contributed by atoms with van der Waals surface area (Å²) in [6.07, 6.45) is 1.05. The van der Waals surface area contributed by atoms with Crippen molar-refractivity contribution in [2.24, 2.45) is 0 Å². The molecular weight excluding hydrogens is 204 g/mol. The molecule has 0 aliphatic rings. The van der Waals surface area contributed by atoms with Crippen molar-refractivity contribution in [2.75, 3.05) is 12.4 Å². The molecular formula is C12H16N2S. The van der Waals surface area contributed by atoms with E-state index in [9.17, 15) is 0 Å². The van der Waals surface area contributed by atoms with Gasteiger partial charge in [0.1, 0.15) is 0 Å². The third-order valence-corrected chi connectivity index (χ3v) is 2.91. The highest BCUT2D eigenvalue weighted by Crippen LogP contribution is 2.21. The molecule has 0 atom stereocenters. The van der Waals surface area contributed by atoms with Gasteiger partial charge >= 0.3 is 0 Å². The van der Waals surface area contributed by atoms with Gasteiger partial charge in [-0.3, -0.25) is 0 Å². The van der Waals surface area contributed by atoms with E-state index in [-0.39, 0.29) is 0 Å². The Morgan fingerprint density at radius 3 is 2.93 bits per heavy atom. The lowest BCUT2D eigenvalue weighted by Crippen LogP contribution is -2.15. The number of aromatic amines is 1. The van der Waals surface area contributed by atoms with Gasteiger partial charge in [0.25, 0.3) is 0 Å². The van der Waals surface area contributed by atoms with Gasteiger partial charge in [-0.25, -0.2) is 0 Å². The largest absolute Gasteiger partial charge is 0.358 e. The van der Waals surface area contributed by atoms with E-state index in [1.54, 1.807) is 0 Å². The van der Waals surface area contributed by atoms with E-state index in [0.29, 0.717) is 0 Å². The van der Waals surface area contributed by atoms with E-state index < -0.39 is 0 Å². The van der Waals surface area contributed by atoms with Gasteiger partial charge in [-0.15, -0.1) is 0 Å². The number of hydrogen-bond donors (Lipinski definition) is 3. The standard InChI is InChI=1S/C12H16N2S/c1-9-10(6-7-13-8-15)11-4-2-3-5-12(11)14-9/h2-5,13-15H,6-8H2,1H3. The van der Waals surface area contributed by atoms with Gasteiger partial charge in [-0.2, -0.15) is 12.6 Å². The zero-order chi connectivity index (χ0) is 10.7. The molecule has 1 heterocycles. The molecule has 0 amide bonds. The first-order valence-electron chi connectivity index (χ1n) is 5.20. The normalized spacial score (nSPS) is 11.1. The quantitative estimate of drug-likeness (QED) is 0.412. The third-order valence-electron chi connectivity index (χ3n) is 2.69. The van der Waals surface area contributed by atoms with Crippen molar-refractivity contribution >= 4 is 23.5 Å². The van der Waals surface area contributed by atoms with E-state index >= 15 is 0 Å². The minimum atomic E-state index is 0.738. The van der Waals surface area contributed by atoms with Crippen LogP contribution in [0.15, 0.2) is 24.3 Å². The fourth-order valence-corrected chi connectivity index (χ4v) is 2.11. The second-order valence-electron chi connectivity index (χ2n) is 3.68. The molecule has 80 valence electrons. The molecule has 0 spiro atoms. The molecule has 2 aromatic rings. The maximum Gasteiger partial charge on any atom is 0.0458 e. The zero-order valence-electron chi connectivity index (χ0n) is 8.88. The van der Waals surface area contributed by atoms with Crippen molar-refractivity contribution in [1.82, 2.24) is 10.3 Å². The van der Waals surface area contributed by atoms with Gasteiger partial charge in [0.2, 0.25) is 0 Å².